The first kappa shape index (κ1) is 24.9. The van der Waals surface area contributed by atoms with Crippen molar-refractivity contribution in [3.05, 3.63) is 90.0 Å². The Kier molecular flexibility index (Phi) is 8.14. The molecule has 3 aromatic rings. The van der Waals surface area contributed by atoms with E-state index >= 15 is 0 Å². The number of hydrogen-bond donors (Lipinski definition) is 2. The standard InChI is InChI=1S/C26H29N3O5S/c1-33-23-12-7-11-22(18-23)28-26(30)25(20-8-3-2-4-9-20)27-19-21-10-5-6-13-24(21)35(31,32)29-14-16-34-17-15-29/h2-13,18,25,27H,14-17,19H2,1H3,(H,28,30)/t25-/m1/s1. The van der Waals surface area contributed by atoms with Crippen molar-refractivity contribution in [2.75, 3.05) is 38.7 Å². The van der Waals surface area contributed by atoms with Crippen molar-refractivity contribution in [2.24, 2.45) is 0 Å². The van der Waals surface area contributed by atoms with Crippen molar-refractivity contribution in [1.29, 1.82) is 0 Å². The SMILES string of the molecule is COc1cccc(NC(=O)[C@H](NCc2ccccc2S(=O)(=O)N2CCOCC2)c2ccccc2)c1. The minimum Gasteiger partial charge on any atom is -0.497 e. The molecule has 0 saturated carbocycles. The van der Waals surface area contributed by atoms with E-state index in [-0.39, 0.29) is 17.3 Å². The Bertz CT molecular complexity index is 1240. The zero-order valence-corrected chi connectivity index (χ0v) is 20.3. The summed E-state index contributed by atoms with van der Waals surface area (Å²) in [6.45, 7) is 1.57. The molecular formula is C26H29N3O5S. The van der Waals surface area contributed by atoms with E-state index in [1.54, 1.807) is 55.6 Å². The van der Waals surface area contributed by atoms with Crippen molar-refractivity contribution in [2.45, 2.75) is 17.5 Å². The van der Waals surface area contributed by atoms with E-state index in [0.29, 0.717) is 43.3 Å². The number of ether oxygens (including phenoxy) is 2. The number of sulfonamides is 1. The van der Waals surface area contributed by atoms with Gasteiger partial charge in [-0.15, -0.1) is 0 Å². The number of methoxy groups -OCH3 is 1. The molecule has 1 aliphatic rings. The Morgan fingerprint density at radius 2 is 1.71 bits per heavy atom. The van der Waals surface area contributed by atoms with Crippen LogP contribution in [0.15, 0.2) is 83.8 Å². The Morgan fingerprint density at radius 3 is 2.46 bits per heavy atom. The third-order valence-electron chi connectivity index (χ3n) is 5.79. The van der Waals surface area contributed by atoms with Crippen molar-refractivity contribution in [3.63, 3.8) is 0 Å². The lowest BCUT2D eigenvalue weighted by molar-refractivity contribution is -0.118. The number of nitrogens with one attached hydrogen (secondary N) is 2. The summed E-state index contributed by atoms with van der Waals surface area (Å²) in [4.78, 5) is 13.5. The van der Waals surface area contributed by atoms with Crippen LogP contribution in [0.1, 0.15) is 17.2 Å². The molecule has 35 heavy (non-hydrogen) atoms. The van der Waals surface area contributed by atoms with Crippen molar-refractivity contribution in [3.8, 4) is 5.75 Å². The highest BCUT2D eigenvalue weighted by molar-refractivity contribution is 7.89. The smallest absolute Gasteiger partial charge is 0.246 e. The Morgan fingerprint density at radius 1 is 1.00 bits per heavy atom. The minimum absolute atomic E-state index is 0.185. The van der Waals surface area contributed by atoms with Crippen LogP contribution in [0, 0.1) is 0 Å². The number of hydrogen-bond acceptors (Lipinski definition) is 6. The summed E-state index contributed by atoms with van der Waals surface area (Å²) < 4.78 is 38.6. The largest absolute Gasteiger partial charge is 0.497 e. The topological polar surface area (TPSA) is 97.0 Å². The lowest BCUT2D eigenvalue weighted by Crippen LogP contribution is -2.41. The summed E-state index contributed by atoms with van der Waals surface area (Å²) in [5.74, 6) is 0.368. The molecule has 3 aromatic carbocycles. The van der Waals surface area contributed by atoms with Gasteiger partial charge in [0.15, 0.2) is 0 Å². The van der Waals surface area contributed by atoms with Gasteiger partial charge < -0.3 is 14.8 Å². The van der Waals surface area contributed by atoms with Gasteiger partial charge in [-0.2, -0.15) is 4.31 Å². The first-order valence-corrected chi connectivity index (χ1v) is 12.8. The molecule has 0 aliphatic carbocycles. The number of nitrogens with zero attached hydrogens (tertiary/aromatic N) is 1. The molecule has 0 spiro atoms. The fourth-order valence-electron chi connectivity index (χ4n) is 3.96. The molecule has 184 valence electrons. The molecule has 1 amide bonds. The number of benzene rings is 3. The molecule has 0 radical (unpaired) electrons. The molecule has 1 saturated heterocycles. The highest BCUT2D eigenvalue weighted by atomic mass is 32.2. The first-order chi connectivity index (χ1) is 17.0. The monoisotopic (exact) mass is 495 g/mol. The molecule has 1 atom stereocenters. The van der Waals surface area contributed by atoms with Gasteiger partial charge in [0.1, 0.15) is 11.8 Å². The second-order valence-corrected chi connectivity index (χ2v) is 9.98. The fourth-order valence-corrected chi connectivity index (χ4v) is 5.59. The highest BCUT2D eigenvalue weighted by Gasteiger charge is 2.29. The first-order valence-electron chi connectivity index (χ1n) is 11.4. The lowest BCUT2D eigenvalue weighted by atomic mass is 10.1. The van der Waals surface area contributed by atoms with Gasteiger partial charge in [0.25, 0.3) is 0 Å². The zero-order valence-electron chi connectivity index (χ0n) is 19.5. The maximum absolute atomic E-state index is 13.3. The summed E-state index contributed by atoms with van der Waals surface area (Å²) in [6.07, 6.45) is 0. The molecule has 9 heteroatoms. The van der Waals surface area contributed by atoms with Crippen LogP contribution in [-0.4, -0.2) is 52.0 Å². The summed E-state index contributed by atoms with van der Waals surface area (Å²) in [7, 11) is -2.12. The molecule has 8 nitrogen and oxygen atoms in total. The molecule has 2 N–H and O–H groups in total. The number of anilines is 1. The molecule has 1 heterocycles. The maximum Gasteiger partial charge on any atom is 0.246 e. The summed E-state index contributed by atoms with van der Waals surface area (Å²) in [5.41, 5.74) is 1.96. The lowest BCUT2D eigenvalue weighted by Gasteiger charge is -2.27. The van der Waals surface area contributed by atoms with Gasteiger partial charge in [-0.25, -0.2) is 8.42 Å². The quantitative estimate of drug-likeness (QED) is 0.473. The third-order valence-corrected chi connectivity index (χ3v) is 7.79. The van der Waals surface area contributed by atoms with Crippen molar-refractivity contribution in [1.82, 2.24) is 9.62 Å². The Balaban J connectivity index is 1.57. The van der Waals surface area contributed by atoms with Crippen LogP contribution >= 0.6 is 0 Å². The van der Waals surface area contributed by atoms with E-state index in [9.17, 15) is 13.2 Å². The molecular weight excluding hydrogens is 466 g/mol. The van der Waals surface area contributed by atoms with Crippen LogP contribution in [0.25, 0.3) is 0 Å². The van der Waals surface area contributed by atoms with Crippen molar-refractivity contribution < 1.29 is 22.7 Å². The molecule has 1 aliphatic heterocycles. The number of carbonyl (C=O) groups excluding carboxylic acids is 1. The second-order valence-electron chi connectivity index (χ2n) is 8.07. The molecule has 0 aromatic heterocycles. The summed E-state index contributed by atoms with van der Waals surface area (Å²) >= 11 is 0. The van der Waals surface area contributed by atoms with Crippen LogP contribution < -0.4 is 15.4 Å². The van der Waals surface area contributed by atoms with Crippen molar-refractivity contribution >= 4 is 21.6 Å². The Hall–Kier alpha value is -3.24. The van der Waals surface area contributed by atoms with Gasteiger partial charge in [0.2, 0.25) is 15.9 Å². The normalized spacial score (nSPS) is 15.3. The fraction of sp³-hybridized carbons (Fsp3) is 0.269. The van der Waals surface area contributed by atoms with Crippen LogP contribution in [-0.2, 0) is 26.1 Å². The van der Waals surface area contributed by atoms with Crippen LogP contribution in [0.5, 0.6) is 5.75 Å². The number of morpholine rings is 1. The van der Waals surface area contributed by atoms with E-state index in [1.807, 2.05) is 30.3 Å². The zero-order chi connectivity index (χ0) is 24.7. The summed E-state index contributed by atoms with van der Waals surface area (Å²) in [5, 5.41) is 6.19. The van der Waals surface area contributed by atoms with Crippen LogP contribution in [0.3, 0.4) is 0 Å². The van der Waals surface area contributed by atoms with E-state index < -0.39 is 16.1 Å². The van der Waals surface area contributed by atoms with Gasteiger partial charge in [-0.3, -0.25) is 10.1 Å². The maximum atomic E-state index is 13.3. The third kappa shape index (κ3) is 6.07. The molecule has 4 rings (SSSR count). The van der Waals surface area contributed by atoms with Gasteiger partial charge >= 0.3 is 0 Å². The van der Waals surface area contributed by atoms with Gasteiger partial charge in [-0.1, -0.05) is 54.6 Å². The second kappa shape index (κ2) is 11.5. The summed E-state index contributed by atoms with van der Waals surface area (Å²) in [6, 6.07) is 22.6. The van der Waals surface area contributed by atoms with E-state index in [2.05, 4.69) is 10.6 Å². The Labute approximate surface area is 205 Å². The van der Waals surface area contributed by atoms with Gasteiger partial charge in [-0.05, 0) is 29.3 Å². The number of amides is 1. The predicted molar refractivity (Wildman–Crippen MR) is 134 cm³/mol. The molecule has 1 fully saturated rings. The molecule has 0 unspecified atom stereocenters. The van der Waals surface area contributed by atoms with Gasteiger partial charge in [0, 0.05) is 31.4 Å². The molecule has 0 bridgehead atoms. The average Bonchev–Trinajstić information content (AvgIpc) is 2.90. The average molecular weight is 496 g/mol. The highest BCUT2D eigenvalue weighted by Crippen LogP contribution is 2.24. The van der Waals surface area contributed by atoms with Crippen LogP contribution in [0.4, 0.5) is 5.69 Å². The van der Waals surface area contributed by atoms with Gasteiger partial charge in [0.05, 0.1) is 25.2 Å². The minimum atomic E-state index is -3.68. The van der Waals surface area contributed by atoms with Crippen LogP contribution in [0.2, 0.25) is 0 Å². The van der Waals surface area contributed by atoms with E-state index in [0.717, 1.165) is 5.56 Å². The number of carbonyl (C=O) groups is 1. The predicted octanol–water partition coefficient (Wildman–Crippen LogP) is 3.19. The van der Waals surface area contributed by atoms with E-state index in [4.69, 9.17) is 9.47 Å². The van der Waals surface area contributed by atoms with E-state index in [1.165, 1.54) is 4.31 Å². The number of rotatable bonds is 9.